The van der Waals surface area contributed by atoms with Crippen LogP contribution >= 0.6 is 24.8 Å². The minimum absolute atomic E-state index is 0. The molecule has 2 unspecified atom stereocenters. The Hall–Kier alpha value is -1.96. The molecule has 0 amide bonds. The van der Waals surface area contributed by atoms with Gasteiger partial charge in [-0.3, -0.25) is 0 Å². The fraction of sp³-hybridized carbons (Fsp3) is 0.440. The zero-order valence-electron chi connectivity index (χ0n) is 33.9. The second-order valence-electron chi connectivity index (χ2n) is 18.7. The molecular weight excluding hydrogens is 791 g/mol. The van der Waals surface area contributed by atoms with E-state index in [1.165, 1.54) is 109 Å². The summed E-state index contributed by atoms with van der Waals surface area (Å²) in [5.41, 5.74) is 19.4. The smallest absolute Gasteiger partial charge is 0.147 e. The molecule has 2 saturated carbocycles. The number of hydrogen-bond donors (Lipinski definition) is 0. The summed E-state index contributed by atoms with van der Waals surface area (Å²) in [4.78, 5) is 0. The van der Waals surface area contributed by atoms with Gasteiger partial charge in [-0.05, 0) is 0 Å². The van der Waals surface area contributed by atoms with E-state index in [9.17, 15) is 0 Å². The van der Waals surface area contributed by atoms with E-state index in [0.717, 1.165) is 12.8 Å². The zero-order valence-corrected chi connectivity index (χ0v) is 39.4. The molecule has 0 heterocycles. The summed E-state index contributed by atoms with van der Waals surface area (Å²) >= 11 is -3.85. The van der Waals surface area contributed by atoms with Gasteiger partial charge in [0.05, 0.1) is 0 Å². The van der Waals surface area contributed by atoms with Gasteiger partial charge in [-0.15, -0.1) is 24.8 Å². The zero-order chi connectivity index (χ0) is 36.3. The summed E-state index contributed by atoms with van der Waals surface area (Å²) in [6.45, 7) is 12.0. The van der Waals surface area contributed by atoms with Crippen LogP contribution in [-0.4, -0.2) is 6.88 Å². The van der Waals surface area contributed by atoms with Gasteiger partial charge in [-0.25, -0.2) is 0 Å². The van der Waals surface area contributed by atoms with Crippen molar-refractivity contribution in [1.82, 2.24) is 0 Å². The van der Waals surface area contributed by atoms with E-state index in [1.54, 1.807) is 22.3 Å². The first-order valence-corrected chi connectivity index (χ1v) is 34.6. The van der Waals surface area contributed by atoms with Crippen LogP contribution in [0.15, 0.2) is 96.1 Å². The van der Waals surface area contributed by atoms with E-state index in [4.69, 9.17) is 0 Å². The van der Waals surface area contributed by atoms with Crippen LogP contribution in [0, 0.1) is 10.8 Å². The second kappa shape index (κ2) is 15.8. The minimum Gasteiger partial charge on any atom is -0.147 e. The van der Waals surface area contributed by atoms with Gasteiger partial charge in [0.2, 0.25) is 0 Å². The van der Waals surface area contributed by atoms with Crippen LogP contribution in [0.3, 0.4) is 0 Å². The first-order chi connectivity index (χ1) is 25.0. The molecule has 0 spiro atoms. The number of benzene rings is 4. The van der Waals surface area contributed by atoms with Crippen LogP contribution in [0.25, 0.3) is 34.4 Å². The van der Waals surface area contributed by atoms with Crippen molar-refractivity contribution in [3.05, 3.63) is 129 Å². The third-order valence-corrected chi connectivity index (χ3v) is 32.5. The predicted octanol–water partition coefficient (Wildman–Crippen LogP) is 14.8. The Morgan fingerprint density at radius 1 is 0.556 bits per heavy atom. The SMILES string of the molecule is CCc1ccc(-c2cccc3c2C=C(CC2(CC)CCC2)[CH]3[Zr]([CH3])([CH3])(=[SiH2])[CH]2C(CC3(CC)CCC3)=Cc3c(-c4ccc(CC)cc4)cccc32)cc1.Cl.Cl. The Morgan fingerprint density at radius 2 is 0.926 bits per heavy atom. The quantitative estimate of drug-likeness (QED) is 0.125. The number of allylic oxidation sites excluding steroid dienone is 2. The van der Waals surface area contributed by atoms with Crippen LogP contribution in [-0.2, 0) is 30.2 Å². The Kier molecular flexibility index (Phi) is 12.2. The molecule has 2 atom stereocenters. The summed E-state index contributed by atoms with van der Waals surface area (Å²) in [6.07, 6.45) is 21.2. The average molecular weight is 855 g/mol. The van der Waals surface area contributed by atoms with Gasteiger partial charge in [0.15, 0.2) is 0 Å². The fourth-order valence-corrected chi connectivity index (χ4v) is 31.2. The molecule has 4 aliphatic rings. The molecule has 0 aliphatic heterocycles. The maximum Gasteiger partial charge on any atom is -0.147 e. The van der Waals surface area contributed by atoms with Crippen LogP contribution in [0.1, 0.15) is 133 Å². The normalized spacial score (nSPS) is 20.6. The summed E-state index contributed by atoms with van der Waals surface area (Å²) in [6, 6.07) is 33.7. The van der Waals surface area contributed by atoms with E-state index in [1.807, 2.05) is 0 Å². The number of fused-ring (bicyclic) bond motifs is 2. The molecule has 0 N–H and O–H groups in total. The molecule has 4 aromatic rings. The fourth-order valence-electron chi connectivity index (χ4n) is 11.5. The van der Waals surface area contributed by atoms with Crippen LogP contribution in [0.4, 0.5) is 0 Å². The molecule has 0 aromatic heterocycles. The third-order valence-electron chi connectivity index (χ3n) is 15.0. The van der Waals surface area contributed by atoms with Crippen LogP contribution in [0.5, 0.6) is 0 Å². The molecule has 286 valence electrons. The van der Waals surface area contributed by atoms with Crippen molar-refractivity contribution in [2.75, 3.05) is 0 Å². The van der Waals surface area contributed by atoms with E-state index < -0.39 is 17.4 Å². The van der Waals surface area contributed by atoms with Crippen molar-refractivity contribution in [3.8, 4) is 22.3 Å². The molecule has 0 bridgehead atoms. The third kappa shape index (κ3) is 7.12. The van der Waals surface area contributed by atoms with Crippen molar-refractivity contribution in [2.24, 2.45) is 10.8 Å². The standard InChI is InChI=1S/2C24H27.2CH3.2ClH.H2Si.Zr/c2*1-3-18-9-11-20(12-10-18)22-8-5-7-21-15-19(16-23(21)22)17-24(4-2)13-6-14-24;;;;;;/h2*5,7-12,15-16H,3-4,6,13-14,17H2,1-2H3;2*1H3;2*1H;1H2;. The van der Waals surface area contributed by atoms with Crippen molar-refractivity contribution >= 4 is 43.8 Å². The molecule has 0 saturated heterocycles. The van der Waals surface area contributed by atoms with Gasteiger partial charge < -0.3 is 0 Å². The maximum absolute atomic E-state index is 3.85. The number of halogens is 2. The maximum atomic E-state index is 2.89. The van der Waals surface area contributed by atoms with Crippen molar-refractivity contribution in [3.63, 3.8) is 0 Å². The molecule has 4 heteroatoms. The van der Waals surface area contributed by atoms with E-state index in [2.05, 4.69) is 141 Å². The van der Waals surface area contributed by atoms with Crippen molar-refractivity contribution in [1.29, 1.82) is 0 Å². The molecule has 54 heavy (non-hydrogen) atoms. The Bertz CT molecular complexity index is 1960. The van der Waals surface area contributed by atoms with Gasteiger partial charge in [0.25, 0.3) is 0 Å². The number of hydrogen-bond acceptors (Lipinski definition) is 0. The molecule has 2 fully saturated rings. The molecular formula is C50H64Cl2SiZr. The van der Waals surface area contributed by atoms with E-state index in [-0.39, 0.29) is 24.8 Å². The Morgan fingerprint density at radius 3 is 1.22 bits per heavy atom. The number of aryl methyl sites for hydroxylation is 2. The predicted molar refractivity (Wildman–Crippen MR) is 241 cm³/mol. The molecule has 0 nitrogen and oxygen atoms in total. The van der Waals surface area contributed by atoms with Gasteiger partial charge in [0, 0.05) is 0 Å². The summed E-state index contributed by atoms with van der Waals surface area (Å²) in [5, 5.41) is 0. The summed E-state index contributed by atoms with van der Waals surface area (Å²) in [5.74, 6) is 0. The van der Waals surface area contributed by atoms with E-state index in [0.29, 0.717) is 18.1 Å². The average Bonchev–Trinajstić information content (AvgIpc) is 3.70. The van der Waals surface area contributed by atoms with E-state index >= 15 is 0 Å². The number of rotatable bonds is 12. The van der Waals surface area contributed by atoms with Gasteiger partial charge in [-0.2, -0.15) is 0 Å². The van der Waals surface area contributed by atoms with Gasteiger partial charge in [-0.1, -0.05) is 0 Å². The van der Waals surface area contributed by atoms with Gasteiger partial charge >= 0.3 is 320 Å². The first-order valence-electron chi connectivity index (χ1n) is 20.9. The van der Waals surface area contributed by atoms with Crippen molar-refractivity contribution < 1.29 is 17.4 Å². The Labute approximate surface area is 342 Å². The second-order valence-corrected chi connectivity index (χ2v) is 49.2. The van der Waals surface area contributed by atoms with Crippen LogP contribution in [0.2, 0.25) is 9.26 Å². The minimum atomic E-state index is -3.85. The summed E-state index contributed by atoms with van der Waals surface area (Å²) < 4.78 is 6.90. The molecule has 0 radical (unpaired) electrons. The molecule has 4 aromatic carbocycles. The van der Waals surface area contributed by atoms with Crippen molar-refractivity contribution in [2.45, 2.75) is 121 Å². The molecule has 8 rings (SSSR count). The monoisotopic (exact) mass is 852 g/mol. The van der Waals surface area contributed by atoms with Gasteiger partial charge in [0.1, 0.15) is 0 Å². The molecule has 4 aliphatic carbocycles. The first kappa shape index (κ1) is 41.7. The topological polar surface area (TPSA) is 0 Å². The Balaban J connectivity index is 0.00000249. The largest absolute Gasteiger partial charge is 0.147 e. The van der Waals surface area contributed by atoms with Crippen LogP contribution < -0.4 is 0 Å². The summed E-state index contributed by atoms with van der Waals surface area (Å²) in [7, 11) is 0.